The minimum atomic E-state index is -0.570. The van der Waals surface area contributed by atoms with E-state index >= 15 is 0 Å². The second-order valence-corrected chi connectivity index (χ2v) is 3.54. The van der Waals surface area contributed by atoms with E-state index in [2.05, 4.69) is 20.1 Å². The summed E-state index contributed by atoms with van der Waals surface area (Å²) < 4.78 is 9.26. The van der Waals surface area contributed by atoms with Gasteiger partial charge in [-0.15, -0.1) is 0 Å². The lowest BCUT2D eigenvalue weighted by Gasteiger charge is -2.08. The van der Waals surface area contributed by atoms with Crippen molar-refractivity contribution in [3.8, 4) is 0 Å². The van der Waals surface area contributed by atoms with Gasteiger partial charge in [-0.25, -0.2) is 9.59 Å². The maximum Gasteiger partial charge on any atom is 0.410 e. The Morgan fingerprint density at radius 3 is 1.65 bits per heavy atom. The highest BCUT2D eigenvalue weighted by Crippen LogP contribution is 1.87. The Hall–Kier alpha value is -1.46. The number of hydrogen-bond donors (Lipinski definition) is 2. The van der Waals surface area contributed by atoms with Gasteiger partial charge in [-0.3, -0.25) is 0 Å². The predicted molar refractivity (Wildman–Crippen MR) is 63.7 cm³/mol. The summed E-state index contributed by atoms with van der Waals surface area (Å²) in [4.78, 5) is 22.0. The highest BCUT2D eigenvalue weighted by molar-refractivity contribution is 5.68. The molecule has 0 aromatic carbocycles. The zero-order chi connectivity index (χ0) is 12.9. The van der Waals surface area contributed by atoms with E-state index in [0.717, 1.165) is 25.7 Å². The van der Waals surface area contributed by atoms with Gasteiger partial charge in [0.2, 0.25) is 6.79 Å². The molecule has 2 amide bonds. The van der Waals surface area contributed by atoms with Crippen LogP contribution in [0.1, 0.15) is 39.5 Å². The van der Waals surface area contributed by atoms with E-state index in [-0.39, 0.29) is 6.79 Å². The minimum absolute atomic E-state index is 0.365. The number of rotatable bonds is 8. The fraction of sp³-hybridized carbons (Fsp3) is 0.818. The van der Waals surface area contributed by atoms with Crippen LogP contribution in [0.5, 0.6) is 0 Å². The molecule has 0 aliphatic carbocycles. The van der Waals surface area contributed by atoms with Crippen molar-refractivity contribution in [1.82, 2.24) is 10.6 Å². The Morgan fingerprint density at radius 1 is 0.882 bits per heavy atom. The van der Waals surface area contributed by atoms with Crippen molar-refractivity contribution in [2.24, 2.45) is 0 Å². The quantitative estimate of drug-likeness (QED) is 0.507. The van der Waals surface area contributed by atoms with Crippen molar-refractivity contribution >= 4 is 12.2 Å². The average Bonchev–Trinajstić information content (AvgIpc) is 2.30. The van der Waals surface area contributed by atoms with Crippen LogP contribution in [-0.2, 0) is 9.47 Å². The van der Waals surface area contributed by atoms with Crippen molar-refractivity contribution in [2.75, 3.05) is 19.9 Å². The first-order chi connectivity index (χ1) is 8.20. The summed E-state index contributed by atoms with van der Waals surface area (Å²) in [7, 11) is 0. The van der Waals surface area contributed by atoms with Crippen LogP contribution in [0.25, 0.3) is 0 Å². The first-order valence-electron chi connectivity index (χ1n) is 6.02. The summed E-state index contributed by atoms with van der Waals surface area (Å²) in [6.07, 6.45) is 2.65. The molecule has 0 rings (SSSR count). The van der Waals surface area contributed by atoms with Crippen LogP contribution in [0.3, 0.4) is 0 Å². The summed E-state index contributed by atoms with van der Waals surface area (Å²) in [5, 5.41) is 5.07. The molecule has 0 saturated carbocycles. The van der Waals surface area contributed by atoms with Gasteiger partial charge >= 0.3 is 12.2 Å². The molecule has 2 N–H and O–H groups in total. The second kappa shape index (κ2) is 11.0. The third kappa shape index (κ3) is 10.8. The van der Waals surface area contributed by atoms with Crippen molar-refractivity contribution in [2.45, 2.75) is 39.5 Å². The molecule has 0 unspecified atom stereocenters. The van der Waals surface area contributed by atoms with Gasteiger partial charge in [0.05, 0.1) is 0 Å². The Bertz CT molecular complexity index is 200. The standard InChI is InChI=1S/C11H22N2O4/c1-3-5-7-12-10(14)16-9-17-11(15)13-8-6-4-2/h3-9H2,1-2H3,(H,12,14)(H,13,15). The third-order valence-electron chi connectivity index (χ3n) is 1.98. The highest BCUT2D eigenvalue weighted by Gasteiger charge is 2.03. The van der Waals surface area contributed by atoms with Gasteiger partial charge in [0.15, 0.2) is 0 Å². The molecule has 0 atom stereocenters. The lowest BCUT2D eigenvalue weighted by molar-refractivity contribution is 0.0244. The van der Waals surface area contributed by atoms with E-state index in [0.29, 0.717) is 13.1 Å². The van der Waals surface area contributed by atoms with Gasteiger partial charge in [0, 0.05) is 13.1 Å². The van der Waals surface area contributed by atoms with Gasteiger partial charge in [0.25, 0.3) is 0 Å². The minimum Gasteiger partial charge on any atom is -0.412 e. The van der Waals surface area contributed by atoms with Crippen LogP contribution in [0.2, 0.25) is 0 Å². The van der Waals surface area contributed by atoms with Crippen LogP contribution in [0, 0.1) is 0 Å². The number of carbonyl (C=O) groups is 2. The Morgan fingerprint density at radius 2 is 1.29 bits per heavy atom. The fourth-order valence-electron chi connectivity index (χ4n) is 0.973. The molecule has 17 heavy (non-hydrogen) atoms. The molecule has 0 bridgehead atoms. The van der Waals surface area contributed by atoms with Gasteiger partial charge in [0.1, 0.15) is 0 Å². The number of nitrogens with one attached hydrogen (secondary N) is 2. The van der Waals surface area contributed by atoms with Crippen molar-refractivity contribution in [3.05, 3.63) is 0 Å². The van der Waals surface area contributed by atoms with Crippen LogP contribution in [0.15, 0.2) is 0 Å². The summed E-state index contributed by atoms with van der Waals surface area (Å²) in [5.74, 6) is 0. The molecule has 6 nitrogen and oxygen atoms in total. The molecule has 0 fully saturated rings. The zero-order valence-corrected chi connectivity index (χ0v) is 10.6. The maximum absolute atomic E-state index is 11.0. The van der Waals surface area contributed by atoms with E-state index in [9.17, 15) is 9.59 Å². The topological polar surface area (TPSA) is 76.7 Å². The normalized spacial score (nSPS) is 9.53. The lowest BCUT2D eigenvalue weighted by atomic mass is 10.3. The van der Waals surface area contributed by atoms with E-state index in [4.69, 9.17) is 0 Å². The van der Waals surface area contributed by atoms with Crippen LogP contribution in [0.4, 0.5) is 9.59 Å². The Kier molecular flexibility index (Phi) is 10.1. The fourth-order valence-corrected chi connectivity index (χ4v) is 0.973. The smallest absolute Gasteiger partial charge is 0.410 e. The number of amides is 2. The monoisotopic (exact) mass is 246 g/mol. The molecule has 0 aliphatic heterocycles. The van der Waals surface area contributed by atoms with Gasteiger partial charge < -0.3 is 20.1 Å². The SMILES string of the molecule is CCCCNC(=O)OCOC(=O)NCCCC. The van der Waals surface area contributed by atoms with E-state index in [1.54, 1.807) is 0 Å². The van der Waals surface area contributed by atoms with Gasteiger partial charge in [-0.2, -0.15) is 0 Å². The molecule has 0 saturated heterocycles. The molecule has 100 valence electrons. The number of alkyl carbamates (subject to hydrolysis) is 2. The molecular formula is C11H22N2O4. The number of ether oxygens (including phenoxy) is 2. The maximum atomic E-state index is 11.0. The average molecular weight is 246 g/mol. The first kappa shape index (κ1) is 15.5. The van der Waals surface area contributed by atoms with Crippen molar-refractivity contribution in [3.63, 3.8) is 0 Å². The molecule has 0 aromatic heterocycles. The Balaban J connectivity index is 3.36. The molecule has 0 heterocycles. The third-order valence-corrected chi connectivity index (χ3v) is 1.98. The summed E-state index contributed by atoms with van der Waals surface area (Å²) in [6, 6.07) is 0. The highest BCUT2D eigenvalue weighted by atomic mass is 16.7. The van der Waals surface area contributed by atoms with Crippen molar-refractivity contribution in [1.29, 1.82) is 0 Å². The lowest BCUT2D eigenvalue weighted by Crippen LogP contribution is -2.29. The molecule has 0 spiro atoms. The molecule has 0 radical (unpaired) electrons. The summed E-state index contributed by atoms with van der Waals surface area (Å²) >= 11 is 0. The Labute approximate surface area is 102 Å². The zero-order valence-electron chi connectivity index (χ0n) is 10.6. The van der Waals surface area contributed by atoms with Crippen molar-refractivity contribution < 1.29 is 19.1 Å². The van der Waals surface area contributed by atoms with Crippen LogP contribution >= 0.6 is 0 Å². The number of carbonyl (C=O) groups excluding carboxylic acids is 2. The number of hydrogen-bond acceptors (Lipinski definition) is 4. The van der Waals surface area contributed by atoms with Gasteiger partial charge in [-0.05, 0) is 12.8 Å². The molecule has 6 heteroatoms. The van der Waals surface area contributed by atoms with Crippen LogP contribution in [-0.4, -0.2) is 32.1 Å². The van der Waals surface area contributed by atoms with E-state index in [1.165, 1.54) is 0 Å². The second-order valence-electron chi connectivity index (χ2n) is 3.54. The molecular weight excluding hydrogens is 224 g/mol. The summed E-state index contributed by atoms with van der Waals surface area (Å²) in [5.41, 5.74) is 0. The first-order valence-corrected chi connectivity index (χ1v) is 6.02. The van der Waals surface area contributed by atoms with Gasteiger partial charge in [-0.1, -0.05) is 26.7 Å². The number of unbranched alkanes of at least 4 members (excludes halogenated alkanes) is 2. The largest absolute Gasteiger partial charge is 0.412 e. The predicted octanol–water partition coefficient (Wildman–Crippen LogP) is 2.00. The summed E-state index contributed by atoms with van der Waals surface area (Å²) in [6.45, 7) is 4.82. The van der Waals surface area contributed by atoms with E-state index in [1.807, 2.05) is 13.8 Å². The molecule has 0 aromatic rings. The molecule has 0 aliphatic rings. The van der Waals surface area contributed by atoms with Crippen LogP contribution < -0.4 is 10.6 Å². The van der Waals surface area contributed by atoms with E-state index < -0.39 is 12.2 Å².